The number of aromatic nitrogens is 1. The first-order valence-corrected chi connectivity index (χ1v) is 6.53. The lowest BCUT2D eigenvalue weighted by Crippen LogP contribution is -2.24. The number of rotatable bonds is 4. The van der Waals surface area contributed by atoms with Crippen molar-refractivity contribution in [1.29, 1.82) is 0 Å². The van der Waals surface area contributed by atoms with Crippen molar-refractivity contribution in [2.75, 3.05) is 7.05 Å². The van der Waals surface area contributed by atoms with Gasteiger partial charge in [0.1, 0.15) is 5.75 Å². The lowest BCUT2D eigenvalue weighted by molar-refractivity contribution is 0.133. The first kappa shape index (κ1) is 12.4. The molecule has 1 aromatic heterocycles. The van der Waals surface area contributed by atoms with Gasteiger partial charge in [0.15, 0.2) is 0 Å². The van der Waals surface area contributed by atoms with E-state index in [1.165, 1.54) is 31.2 Å². The minimum absolute atomic E-state index is 0.381. The van der Waals surface area contributed by atoms with Gasteiger partial charge in [-0.15, -0.1) is 0 Å². The lowest BCUT2D eigenvalue weighted by atomic mass is 9.89. The van der Waals surface area contributed by atoms with Crippen LogP contribution >= 0.6 is 0 Å². The quantitative estimate of drug-likeness (QED) is 0.870. The van der Waals surface area contributed by atoms with E-state index >= 15 is 0 Å². The molecule has 0 amide bonds. The molecule has 1 fully saturated rings. The standard InChI is InChI=1S/C14H22N2O/c1-11-3-5-13(6-4-11)17-14-10-16-8-7-12(14)9-15-2/h7-8,10-11,13,15H,3-6,9H2,1-2H3. The van der Waals surface area contributed by atoms with Crippen molar-refractivity contribution in [3.05, 3.63) is 24.0 Å². The molecule has 1 aliphatic rings. The summed E-state index contributed by atoms with van der Waals surface area (Å²) in [5.74, 6) is 1.81. The summed E-state index contributed by atoms with van der Waals surface area (Å²) in [6.07, 6.45) is 8.96. The van der Waals surface area contributed by atoms with Crippen LogP contribution in [0.25, 0.3) is 0 Å². The van der Waals surface area contributed by atoms with Crippen LogP contribution in [0.1, 0.15) is 38.2 Å². The molecule has 17 heavy (non-hydrogen) atoms. The molecule has 0 unspecified atom stereocenters. The molecule has 3 nitrogen and oxygen atoms in total. The summed E-state index contributed by atoms with van der Waals surface area (Å²) in [6.45, 7) is 3.16. The summed E-state index contributed by atoms with van der Waals surface area (Å²) in [7, 11) is 1.95. The van der Waals surface area contributed by atoms with Crippen LogP contribution in [-0.4, -0.2) is 18.1 Å². The predicted molar refractivity (Wildman–Crippen MR) is 69.0 cm³/mol. The zero-order valence-electron chi connectivity index (χ0n) is 10.8. The summed E-state index contributed by atoms with van der Waals surface area (Å²) < 4.78 is 6.08. The van der Waals surface area contributed by atoms with E-state index < -0.39 is 0 Å². The Hall–Kier alpha value is -1.09. The Morgan fingerprint density at radius 3 is 2.82 bits per heavy atom. The first-order chi connectivity index (χ1) is 8.29. The third-order valence-corrected chi connectivity index (χ3v) is 3.49. The van der Waals surface area contributed by atoms with Crippen LogP contribution in [0, 0.1) is 5.92 Å². The average molecular weight is 234 g/mol. The van der Waals surface area contributed by atoms with Crippen molar-refractivity contribution >= 4 is 0 Å². The zero-order chi connectivity index (χ0) is 12.1. The highest BCUT2D eigenvalue weighted by molar-refractivity contribution is 5.29. The van der Waals surface area contributed by atoms with Crippen LogP contribution in [0.15, 0.2) is 18.5 Å². The van der Waals surface area contributed by atoms with Crippen LogP contribution in [0.2, 0.25) is 0 Å². The van der Waals surface area contributed by atoms with Crippen LogP contribution in [-0.2, 0) is 6.54 Å². The number of ether oxygens (including phenoxy) is 1. The molecule has 1 saturated carbocycles. The Balaban J connectivity index is 1.98. The molecule has 2 rings (SSSR count). The van der Waals surface area contributed by atoms with Crippen LogP contribution < -0.4 is 10.1 Å². The zero-order valence-corrected chi connectivity index (χ0v) is 10.8. The van der Waals surface area contributed by atoms with Gasteiger partial charge >= 0.3 is 0 Å². The molecule has 1 N–H and O–H groups in total. The van der Waals surface area contributed by atoms with Gasteiger partial charge in [0.05, 0.1) is 12.3 Å². The average Bonchev–Trinajstić information content (AvgIpc) is 2.35. The van der Waals surface area contributed by atoms with E-state index in [0.29, 0.717) is 6.10 Å². The second-order valence-electron chi connectivity index (χ2n) is 5.01. The molecule has 0 atom stereocenters. The van der Waals surface area contributed by atoms with Gasteiger partial charge in [-0.25, -0.2) is 0 Å². The predicted octanol–water partition coefficient (Wildman–Crippen LogP) is 2.76. The van der Waals surface area contributed by atoms with Gasteiger partial charge in [-0.1, -0.05) is 6.92 Å². The molecular formula is C14H22N2O. The smallest absolute Gasteiger partial charge is 0.142 e. The summed E-state index contributed by atoms with van der Waals surface area (Å²) in [4.78, 5) is 4.16. The van der Waals surface area contributed by atoms with Crippen LogP contribution in [0.5, 0.6) is 5.75 Å². The van der Waals surface area contributed by atoms with E-state index in [2.05, 4.69) is 17.2 Å². The van der Waals surface area contributed by atoms with Gasteiger partial charge in [-0.05, 0) is 44.7 Å². The van der Waals surface area contributed by atoms with Crippen molar-refractivity contribution in [1.82, 2.24) is 10.3 Å². The van der Waals surface area contributed by atoms with E-state index in [-0.39, 0.29) is 0 Å². The molecule has 94 valence electrons. The van der Waals surface area contributed by atoms with Crippen molar-refractivity contribution < 1.29 is 4.74 Å². The maximum atomic E-state index is 6.08. The molecule has 0 aliphatic heterocycles. The Kier molecular flexibility index (Phi) is 4.37. The maximum absolute atomic E-state index is 6.08. The second kappa shape index (κ2) is 6.01. The third-order valence-electron chi connectivity index (χ3n) is 3.49. The summed E-state index contributed by atoms with van der Waals surface area (Å²) >= 11 is 0. The normalized spacial score (nSPS) is 24.6. The molecule has 0 spiro atoms. The summed E-state index contributed by atoms with van der Waals surface area (Å²) in [6, 6.07) is 2.03. The van der Waals surface area contributed by atoms with Crippen molar-refractivity contribution in [3.63, 3.8) is 0 Å². The SMILES string of the molecule is CNCc1ccncc1OC1CCC(C)CC1. The van der Waals surface area contributed by atoms with Crippen molar-refractivity contribution in [2.24, 2.45) is 5.92 Å². The van der Waals surface area contributed by atoms with Gasteiger partial charge in [0, 0.05) is 18.3 Å². The fourth-order valence-corrected chi connectivity index (χ4v) is 2.38. The molecule has 0 radical (unpaired) electrons. The molecule has 0 bridgehead atoms. The maximum Gasteiger partial charge on any atom is 0.142 e. The van der Waals surface area contributed by atoms with Crippen molar-refractivity contribution in [3.8, 4) is 5.75 Å². The van der Waals surface area contributed by atoms with Crippen molar-refractivity contribution in [2.45, 2.75) is 45.3 Å². The highest BCUT2D eigenvalue weighted by Gasteiger charge is 2.20. The van der Waals surface area contributed by atoms with Gasteiger partial charge in [-0.3, -0.25) is 4.98 Å². The molecule has 1 aromatic rings. The second-order valence-corrected chi connectivity index (χ2v) is 5.01. The number of nitrogens with one attached hydrogen (secondary N) is 1. The number of nitrogens with zero attached hydrogens (tertiary/aromatic N) is 1. The Bertz CT molecular complexity index is 346. The fourth-order valence-electron chi connectivity index (χ4n) is 2.38. The van der Waals surface area contributed by atoms with Gasteiger partial charge in [-0.2, -0.15) is 0 Å². The Morgan fingerprint density at radius 2 is 2.12 bits per heavy atom. The highest BCUT2D eigenvalue weighted by atomic mass is 16.5. The van der Waals surface area contributed by atoms with E-state index in [1.54, 1.807) is 0 Å². The van der Waals surface area contributed by atoms with E-state index in [9.17, 15) is 0 Å². The fraction of sp³-hybridized carbons (Fsp3) is 0.643. The van der Waals surface area contributed by atoms with E-state index in [1.807, 2.05) is 25.5 Å². The largest absolute Gasteiger partial charge is 0.488 e. The molecule has 0 saturated heterocycles. The summed E-state index contributed by atoms with van der Waals surface area (Å²) in [5.41, 5.74) is 1.20. The first-order valence-electron chi connectivity index (χ1n) is 6.53. The minimum Gasteiger partial charge on any atom is -0.488 e. The topological polar surface area (TPSA) is 34.2 Å². The van der Waals surface area contributed by atoms with Crippen LogP contribution in [0.4, 0.5) is 0 Å². The third kappa shape index (κ3) is 3.43. The van der Waals surface area contributed by atoms with Gasteiger partial charge in [0.25, 0.3) is 0 Å². The summed E-state index contributed by atoms with van der Waals surface area (Å²) in [5, 5.41) is 3.16. The monoisotopic (exact) mass is 234 g/mol. The molecular weight excluding hydrogens is 212 g/mol. The number of hydrogen-bond donors (Lipinski definition) is 1. The molecule has 0 aromatic carbocycles. The van der Waals surface area contributed by atoms with E-state index in [0.717, 1.165) is 18.2 Å². The highest BCUT2D eigenvalue weighted by Crippen LogP contribution is 2.28. The van der Waals surface area contributed by atoms with E-state index in [4.69, 9.17) is 4.74 Å². The number of hydrogen-bond acceptors (Lipinski definition) is 3. The van der Waals surface area contributed by atoms with Crippen LogP contribution in [0.3, 0.4) is 0 Å². The van der Waals surface area contributed by atoms with Gasteiger partial charge < -0.3 is 10.1 Å². The Labute approximate surface area is 104 Å². The molecule has 1 aliphatic carbocycles. The minimum atomic E-state index is 0.381. The molecule has 3 heteroatoms. The Morgan fingerprint density at radius 1 is 1.35 bits per heavy atom. The number of pyridine rings is 1. The van der Waals surface area contributed by atoms with Gasteiger partial charge in [0.2, 0.25) is 0 Å². The molecule has 1 heterocycles. The lowest BCUT2D eigenvalue weighted by Gasteiger charge is -2.27.